The molecule has 21 heavy (non-hydrogen) atoms. The van der Waals surface area contributed by atoms with Crippen LogP contribution < -0.4 is 5.32 Å². The number of ether oxygens (including phenoxy) is 1. The summed E-state index contributed by atoms with van der Waals surface area (Å²) in [5, 5.41) is 4.16. The zero-order valence-corrected chi connectivity index (χ0v) is 14.5. The Kier molecular flexibility index (Phi) is 9.73. The number of benzene rings is 1. The number of halogens is 1. The largest absolute Gasteiger partial charge is 0.372 e. The van der Waals surface area contributed by atoms with Crippen molar-refractivity contribution in [2.24, 2.45) is 5.92 Å². The second kappa shape index (κ2) is 11.1. The summed E-state index contributed by atoms with van der Waals surface area (Å²) in [4.78, 5) is 0. The summed E-state index contributed by atoms with van der Waals surface area (Å²) < 4.78 is 6.21. The van der Waals surface area contributed by atoms with Crippen LogP contribution in [0.25, 0.3) is 0 Å². The van der Waals surface area contributed by atoms with Crippen molar-refractivity contribution in [2.75, 3.05) is 19.7 Å². The average molecular weight is 312 g/mol. The van der Waals surface area contributed by atoms with Crippen molar-refractivity contribution in [3.05, 3.63) is 34.9 Å². The number of unbranched alkanes of at least 4 members (excludes halogenated alkanes) is 1. The van der Waals surface area contributed by atoms with Gasteiger partial charge in [0, 0.05) is 11.6 Å². The highest BCUT2D eigenvalue weighted by Crippen LogP contribution is 2.22. The van der Waals surface area contributed by atoms with Crippen LogP contribution in [0.1, 0.15) is 58.1 Å². The number of hydrogen-bond donors (Lipinski definition) is 1. The number of nitrogens with one attached hydrogen (secondary N) is 1. The quantitative estimate of drug-likeness (QED) is 0.604. The molecule has 2 atom stereocenters. The maximum absolute atomic E-state index is 6.21. The minimum Gasteiger partial charge on any atom is -0.372 e. The van der Waals surface area contributed by atoms with Gasteiger partial charge in [0.15, 0.2) is 0 Å². The summed E-state index contributed by atoms with van der Waals surface area (Å²) in [5.74, 6) is 0.668. The maximum atomic E-state index is 6.21. The van der Waals surface area contributed by atoms with Crippen LogP contribution in [0.15, 0.2) is 24.3 Å². The molecule has 2 nitrogen and oxygen atoms in total. The Morgan fingerprint density at radius 2 is 1.86 bits per heavy atom. The second-order valence-corrected chi connectivity index (χ2v) is 6.03. The van der Waals surface area contributed by atoms with E-state index in [0.717, 1.165) is 24.7 Å². The molecule has 3 heteroatoms. The standard InChI is InChI=1S/C18H30ClNO/c1-4-7-8-15(5-2)14-21-18(13-20-6-3)16-9-11-17(19)12-10-16/h9-12,15,18,20H,4-8,13-14H2,1-3H3. The first-order valence-corrected chi connectivity index (χ1v) is 8.66. The molecule has 0 aliphatic rings. The van der Waals surface area contributed by atoms with E-state index in [1.54, 1.807) is 0 Å². The predicted molar refractivity (Wildman–Crippen MR) is 92.0 cm³/mol. The molecular formula is C18H30ClNO. The minimum absolute atomic E-state index is 0.109. The number of likely N-dealkylation sites (N-methyl/N-ethyl adjacent to an activating group) is 1. The molecule has 0 radical (unpaired) electrons. The Labute approximate surface area is 135 Å². The fraction of sp³-hybridized carbons (Fsp3) is 0.667. The third kappa shape index (κ3) is 7.30. The van der Waals surface area contributed by atoms with Crippen molar-refractivity contribution < 1.29 is 4.74 Å². The Hall–Kier alpha value is -0.570. The lowest BCUT2D eigenvalue weighted by Crippen LogP contribution is -2.24. The summed E-state index contributed by atoms with van der Waals surface area (Å²) >= 11 is 5.97. The Bertz CT molecular complexity index is 366. The second-order valence-electron chi connectivity index (χ2n) is 5.60. The zero-order valence-electron chi connectivity index (χ0n) is 13.7. The van der Waals surface area contributed by atoms with Crippen molar-refractivity contribution in [3.8, 4) is 0 Å². The van der Waals surface area contributed by atoms with Gasteiger partial charge < -0.3 is 10.1 Å². The normalized spacial score (nSPS) is 14.1. The molecule has 1 aromatic rings. The Morgan fingerprint density at radius 1 is 1.14 bits per heavy atom. The molecule has 0 saturated carbocycles. The molecular weight excluding hydrogens is 282 g/mol. The van der Waals surface area contributed by atoms with E-state index in [2.05, 4.69) is 38.2 Å². The molecule has 0 aliphatic heterocycles. The molecule has 1 N–H and O–H groups in total. The van der Waals surface area contributed by atoms with E-state index in [4.69, 9.17) is 16.3 Å². The smallest absolute Gasteiger partial charge is 0.0949 e. The average Bonchev–Trinajstić information content (AvgIpc) is 2.51. The third-order valence-electron chi connectivity index (χ3n) is 3.90. The van der Waals surface area contributed by atoms with Gasteiger partial charge in [0.1, 0.15) is 0 Å². The minimum atomic E-state index is 0.109. The molecule has 0 aliphatic carbocycles. The lowest BCUT2D eigenvalue weighted by atomic mass is 10.0. The van der Waals surface area contributed by atoms with E-state index < -0.39 is 0 Å². The van der Waals surface area contributed by atoms with Gasteiger partial charge in [0.2, 0.25) is 0 Å². The lowest BCUT2D eigenvalue weighted by Gasteiger charge is -2.22. The van der Waals surface area contributed by atoms with E-state index in [1.807, 2.05) is 12.1 Å². The van der Waals surface area contributed by atoms with Crippen LogP contribution in [0, 0.1) is 5.92 Å². The van der Waals surface area contributed by atoms with E-state index in [9.17, 15) is 0 Å². The molecule has 0 aromatic heterocycles. The summed E-state index contributed by atoms with van der Waals surface area (Å²) in [6.45, 7) is 9.27. The molecule has 1 rings (SSSR count). The van der Waals surface area contributed by atoms with Gasteiger partial charge in [-0.15, -0.1) is 0 Å². The van der Waals surface area contributed by atoms with Gasteiger partial charge in [-0.25, -0.2) is 0 Å². The van der Waals surface area contributed by atoms with Crippen molar-refractivity contribution >= 4 is 11.6 Å². The summed E-state index contributed by atoms with van der Waals surface area (Å²) in [6, 6.07) is 8.01. The van der Waals surface area contributed by atoms with Crippen LogP contribution >= 0.6 is 11.6 Å². The van der Waals surface area contributed by atoms with Crippen molar-refractivity contribution in [1.82, 2.24) is 5.32 Å². The van der Waals surface area contributed by atoms with Gasteiger partial charge in [0.05, 0.1) is 12.7 Å². The highest BCUT2D eigenvalue weighted by atomic mass is 35.5. The molecule has 0 bridgehead atoms. The van der Waals surface area contributed by atoms with Crippen molar-refractivity contribution in [3.63, 3.8) is 0 Å². The first-order valence-electron chi connectivity index (χ1n) is 8.28. The van der Waals surface area contributed by atoms with Crippen LogP contribution in [-0.4, -0.2) is 19.7 Å². The van der Waals surface area contributed by atoms with Crippen molar-refractivity contribution in [2.45, 2.75) is 52.6 Å². The lowest BCUT2D eigenvalue weighted by molar-refractivity contribution is 0.0252. The number of hydrogen-bond acceptors (Lipinski definition) is 2. The molecule has 0 amide bonds. The van der Waals surface area contributed by atoms with Crippen LogP contribution in [0.2, 0.25) is 5.02 Å². The molecule has 0 saturated heterocycles. The van der Waals surface area contributed by atoms with Gasteiger partial charge in [-0.1, -0.05) is 63.8 Å². The molecule has 2 unspecified atom stereocenters. The van der Waals surface area contributed by atoms with Gasteiger partial charge in [0.25, 0.3) is 0 Å². The third-order valence-corrected chi connectivity index (χ3v) is 4.15. The summed E-state index contributed by atoms with van der Waals surface area (Å²) in [7, 11) is 0. The summed E-state index contributed by atoms with van der Waals surface area (Å²) in [5.41, 5.74) is 1.20. The predicted octanol–water partition coefficient (Wildman–Crippen LogP) is 5.22. The monoisotopic (exact) mass is 311 g/mol. The Balaban J connectivity index is 2.58. The van der Waals surface area contributed by atoms with Gasteiger partial charge >= 0.3 is 0 Å². The van der Waals surface area contributed by atoms with E-state index in [0.29, 0.717) is 5.92 Å². The first kappa shape index (κ1) is 18.5. The molecule has 0 fully saturated rings. The van der Waals surface area contributed by atoms with E-state index in [-0.39, 0.29) is 6.10 Å². The van der Waals surface area contributed by atoms with Crippen LogP contribution in [0.4, 0.5) is 0 Å². The van der Waals surface area contributed by atoms with Crippen LogP contribution in [0.3, 0.4) is 0 Å². The SMILES string of the molecule is CCCCC(CC)COC(CNCC)c1ccc(Cl)cc1. The van der Waals surface area contributed by atoms with E-state index in [1.165, 1.54) is 31.2 Å². The fourth-order valence-electron chi connectivity index (χ4n) is 2.38. The van der Waals surface area contributed by atoms with E-state index >= 15 is 0 Å². The fourth-order valence-corrected chi connectivity index (χ4v) is 2.50. The summed E-state index contributed by atoms with van der Waals surface area (Å²) in [6.07, 6.45) is 5.11. The molecule has 0 spiro atoms. The molecule has 0 heterocycles. The van der Waals surface area contributed by atoms with Crippen molar-refractivity contribution in [1.29, 1.82) is 0 Å². The van der Waals surface area contributed by atoms with Crippen LogP contribution in [0.5, 0.6) is 0 Å². The first-order chi connectivity index (χ1) is 10.2. The Morgan fingerprint density at radius 3 is 2.43 bits per heavy atom. The molecule has 120 valence electrons. The molecule has 1 aromatic carbocycles. The van der Waals surface area contributed by atoms with Gasteiger partial charge in [-0.3, -0.25) is 0 Å². The highest BCUT2D eigenvalue weighted by Gasteiger charge is 2.14. The van der Waals surface area contributed by atoms with Gasteiger partial charge in [-0.05, 0) is 36.6 Å². The zero-order chi connectivity index (χ0) is 15.5. The maximum Gasteiger partial charge on any atom is 0.0949 e. The van der Waals surface area contributed by atoms with Crippen LogP contribution in [-0.2, 0) is 4.74 Å². The van der Waals surface area contributed by atoms with Gasteiger partial charge in [-0.2, -0.15) is 0 Å². The number of rotatable bonds is 11. The topological polar surface area (TPSA) is 21.3 Å². The highest BCUT2D eigenvalue weighted by molar-refractivity contribution is 6.30.